The van der Waals surface area contributed by atoms with Gasteiger partial charge >= 0.3 is 0 Å². The SMILES string of the molecule is Cc1ccc(Cl)cc1NC(=O)CN1C(=O)S/C(=C/c2ccc(-c3ccc(F)cc3F)o2)C1=O. The Kier molecular flexibility index (Phi) is 6.35. The van der Waals surface area contributed by atoms with Crippen LogP contribution in [-0.4, -0.2) is 28.5 Å². The van der Waals surface area contributed by atoms with Crippen molar-refractivity contribution in [3.8, 4) is 11.3 Å². The lowest BCUT2D eigenvalue weighted by Gasteiger charge is -2.13. The minimum absolute atomic E-state index is 0.0483. The maximum Gasteiger partial charge on any atom is 0.294 e. The Morgan fingerprint density at radius 1 is 1.15 bits per heavy atom. The van der Waals surface area contributed by atoms with Crippen molar-refractivity contribution >= 4 is 52.2 Å². The summed E-state index contributed by atoms with van der Waals surface area (Å²) >= 11 is 6.60. The number of imide groups is 1. The molecule has 0 spiro atoms. The summed E-state index contributed by atoms with van der Waals surface area (Å²) in [5.41, 5.74) is 1.30. The van der Waals surface area contributed by atoms with Crippen molar-refractivity contribution in [3.63, 3.8) is 0 Å². The zero-order chi connectivity index (χ0) is 23.7. The standard InChI is InChI=1S/C23H15ClF2N2O4S/c1-12-2-3-13(24)8-18(12)27-21(29)11-28-22(30)20(33-23(28)31)10-15-5-7-19(32-15)16-6-4-14(25)9-17(16)26/h2-10H,11H2,1H3,(H,27,29)/b20-10+. The highest BCUT2D eigenvalue weighted by atomic mass is 35.5. The molecular weight excluding hydrogens is 474 g/mol. The van der Waals surface area contributed by atoms with Gasteiger partial charge in [-0.05, 0) is 60.6 Å². The van der Waals surface area contributed by atoms with E-state index >= 15 is 0 Å². The summed E-state index contributed by atoms with van der Waals surface area (Å²) in [7, 11) is 0. The lowest BCUT2D eigenvalue weighted by molar-refractivity contribution is -0.127. The number of nitrogens with one attached hydrogen (secondary N) is 1. The number of carbonyl (C=O) groups excluding carboxylic acids is 3. The summed E-state index contributed by atoms with van der Waals surface area (Å²) in [5, 5.41) is 2.46. The van der Waals surface area contributed by atoms with E-state index in [1.165, 1.54) is 24.3 Å². The van der Waals surface area contributed by atoms with E-state index in [0.717, 1.165) is 22.6 Å². The fraction of sp³-hybridized carbons (Fsp3) is 0.0870. The summed E-state index contributed by atoms with van der Waals surface area (Å²) in [4.78, 5) is 38.2. The molecule has 168 valence electrons. The van der Waals surface area contributed by atoms with E-state index in [1.54, 1.807) is 25.1 Å². The monoisotopic (exact) mass is 488 g/mol. The first-order valence-electron chi connectivity index (χ1n) is 9.58. The van der Waals surface area contributed by atoms with Gasteiger partial charge in [-0.25, -0.2) is 8.78 Å². The second kappa shape index (κ2) is 9.21. The number of thioether (sulfide) groups is 1. The van der Waals surface area contributed by atoms with Crippen LogP contribution in [0.15, 0.2) is 57.9 Å². The van der Waals surface area contributed by atoms with Crippen molar-refractivity contribution in [2.24, 2.45) is 0 Å². The van der Waals surface area contributed by atoms with Gasteiger partial charge in [0.2, 0.25) is 5.91 Å². The van der Waals surface area contributed by atoms with E-state index in [1.807, 2.05) is 0 Å². The molecule has 0 aliphatic carbocycles. The molecule has 0 bridgehead atoms. The minimum Gasteiger partial charge on any atom is -0.457 e. The van der Waals surface area contributed by atoms with Crippen LogP contribution < -0.4 is 5.32 Å². The number of halogens is 3. The molecule has 6 nitrogen and oxygen atoms in total. The second-order valence-electron chi connectivity index (χ2n) is 7.10. The van der Waals surface area contributed by atoms with E-state index < -0.39 is 35.2 Å². The van der Waals surface area contributed by atoms with Crippen LogP contribution in [0, 0.1) is 18.6 Å². The number of rotatable bonds is 5. The van der Waals surface area contributed by atoms with Crippen LogP contribution in [0.3, 0.4) is 0 Å². The molecule has 33 heavy (non-hydrogen) atoms. The molecule has 1 fully saturated rings. The molecule has 0 atom stereocenters. The molecule has 0 radical (unpaired) electrons. The number of amides is 3. The molecular formula is C23H15ClF2N2O4S. The van der Waals surface area contributed by atoms with E-state index in [2.05, 4.69) is 5.32 Å². The second-order valence-corrected chi connectivity index (χ2v) is 8.53. The zero-order valence-corrected chi connectivity index (χ0v) is 18.6. The van der Waals surface area contributed by atoms with E-state index in [-0.39, 0.29) is 22.0 Å². The third kappa shape index (κ3) is 4.99. The average Bonchev–Trinajstić information content (AvgIpc) is 3.31. The van der Waals surface area contributed by atoms with Crippen LogP contribution in [0.1, 0.15) is 11.3 Å². The minimum atomic E-state index is -0.794. The fourth-order valence-electron chi connectivity index (χ4n) is 3.09. The first-order valence-corrected chi connectivity index (χ1v) is 10.8. The number of benzene rings is 2. The molecule has 1 aromatic heterocycles. The van der Waals surface area contributed by atoms with Gasteiger partial charge in [-0.3, -0.25) is 19.3 Å². The Bertz CT molecular complexity index is 1320. The van der Waals surface area contributed by atoms with Crippen LogP contribution in [0.4, 0.5) is 19.3 Å². The molecule has 1 aliphatic rings. The zero-order valence-electron chi connectivity index (χ0n) is 17.0. The number of furan rings is 1. The number of aryl methyl sites for hydroxylation is 1. The summed E-state index contributed by atoms with van der Waals surface area (Å²) in [6.45, 7) is 1.31. The van der Waals surface area contributed by atoms with Gasteiger partial charge in [-0.1, -0.05) is 17.7 Å². The molecule has 3 amide bonds. The van der Waals surface area contributed by atoms with Crippen molar-refractivity contribution < 1.29 is 27.6 Å². The van der Waals surface area contributed by atoms with Gasteiger partial charge in [0.25, 0.3) is 11.1 Å². The smallest absolute Gasteiger partial charge is 0.294 e. The van der Waals surface area contributed by atoms with Crippen LogP contribution in [0.2, 0.25) is 5.02 Å². The Hall–Kier alpha value is -3.43. The van der Waals surface area contributed by atoms with E-state index in [0.29, 0.717) is 22.5 Å². The van der Waals surface area contributed by atoms with Gasteiger partial charge in [0.1, 0.15) is 29.7 Å². The van der Waals surface area contributed by atoms with Gasteiger partial charge < -0.3 is 9.73 Å². The highest BCUT2D eigenvalue weighted by Crippen LogP contribution is 2.34. The van der Waals surface area contributed by atoms with Gasteiger partial charge in [0, 0.05) is 22.9 Å². The van der Waals surface area contributed by atoms with Gasteiger partial charge in [0.05, 0.1) is 10.5 Å². The normalized spacial score (nSPS) is 14.9. The highest BCUT2D eigenvalue weighted by molar-refractivity contribution is 8.18. The van der Waals surface area contributed by atoms with E-state index in [4.69, 9.17) is 16.0 Å². The van der Waals surface area contributed by atoms with Crippen molar-refractivity contribution in [2.75, 3.05) is 11.9 Å². The van der Waals surface area contributed by atoms with Crippen LogP contribution in [0.5, 0.6) is 0 Å². The van der Waals surface area contributed by atoms with Gasteiger partial charge in [0.15, 0.2) is 0 Å². The molecule has 0 unspecified atom stereocenters. The molecule has 4 rings (SSSR count). The van der Waals surface area contributed by atoms with Gasteiger partial charge in [-0.15, -0.1) is 0 Å². The van der Waals surface area contributed by atoms with Crippen molar-refractivity contribution in [2.45, 2.75) is 6.92 Å². The highest BCUT2D eigenvalue weighted by Gasteiger charge is 2.36. The van der Waals surface area contributed by atoms with Gasteiger partial charge in [-0.2, -0.15) is 0 Å². The number of hydrogen-bond donors (Lipinski definition) is 1. The summed E-state index contributed by atoms with van der Waals surface area (Å²) in [6.07, 6.45) is 1.33. The lowest BCUT2D eigenvalue weighted by Crippen LogP contribution is -2.36. The first kappa shape index (κ1) is 22.8. The molecule has 2 aromatic carbocycles. The number of anilines is 1. The predicted octanol–water partition coefficient (Wildman–Crippen LogP) is 5.86. The lowest BCUT2D eigenvalue weighted by atomic mass is 10.1. The van der Waals surface area contributed by atoms with E-state index in [9.17, 15) is 23.2 Å². The molecule has 1 N–H and O–H groups in total. The third-order valence-electron chi connectivity index (χ3n) is 4.75. The maximum absolute atomic E-state index is 14.0. The molecule has 10 heteroatoms. The molecule has 1 aliphatic heterocycles. The van der Waals surface area contributed by atoms with Crippen LogP contribution in [-0.2, 0) is 9.59 Å². The maximum atomic E-state index is 14.0. The van der Waals surface area contributed by atoms with Crippen molar-refractivity contribution in [1.29, 1.82) is 0 Å². The Morgan fingerprint density at radius 2 is 1.94 bits per heavy atom. The summed E-state index contributed by atoms with van der Waals surface area (Å²) in [5.74, 6) is -2.40. The quantitative estimate of drug-likeness (QED) is 0.455. The largest absolute Gasteiger partial charge is 0.457 e. The number of nitrogens with zero attached hydrogens (tertiary/aromatic N) is 1. The molecule has 3 aromatic rings. The molecule has 1 saturated heterocycles. The van der Waals surface area contributed by atoms with Crippen molar-refractivity contribution in [3.05, 3.63) is 81.4 Å². The average molecular weight is 489 g/mol. The first-order chi connectivity index (χ1) is 15.7. The fourth-order valence-corrected chi connectivity index (χ4v) is 4.08. The predicted molar refractivity (Wildman–Crippen MR) is 122 cm³/mol. The number of carbonyl (C=O) groups is 3. The Balaban J connectivity index is 1.47. The van der Waals surface area contributed by atoms with Crippen LogP contribution in [0.25, 0.3) is 17.4 Å². The third-order valence-corrected chi connectivity index (χ3v) is 5.89. The Morgan fingerprint density at radius 3 is 2.70 bits per heavy atom. The Labute approximate surface area is 196 Å². The number of hydrogen-bond acceptors (Lipinski definition) is 5. The molecule has 2 heterocycles. The topological polar surface area (TPSA) is 79.6 Å². The van der Waals surface area contributed by atoms with Crippen LogP contribution >= 0.6 is 23.4 Å². The van der Waals surface area contributed by atoms with Crippen molar-refractivity contribution in [1.82, 2.24) is 4.90 Å². The summed E-state index contributed by atoms with van der Waals surface area (Å²) in [6, 6.07) is 11.0. The molecule has 0 saturated carbocycles. The summed E-state index contributed by atoms with van der Waals surface area (Å²) < 4.78 is 32.6.